The Morgan fingerprint density at radius 3 is 1.84 bits per heavy atom. The minimum atomic E-state index is -0.429. The van der Waals surface area contributed by atoms with Gasteiger partial charge in [-0.1, -0.05) is 59.7 Å². The molecule has 0 N–H and O–H groups in total. The van der Waals surface area contributed by atoms with Crippen LogP contribution >= 0.6 is 0 Å². The Morgan fingerprint density at radius 1 is 0.947 bits per heavy atom. The largest absolute Gasteiger partial charge is 0.294 e. The molecule has 0 unspecified atom stereocenters. The summed E-state index contributed by atoms with van der Waals surface area (Å²) in [7, 11) is 0. The Hall–Kier alpha value is -1.44. The monoisotopic (exact) mass is 260 g/mol. The van der Waals surface area contributed by atoms with Crippen molar-refractivity contribution in [3.8, 4) is 0 Å². The lowest BCUT2D eigenvalue weighted by Gasteiger charge is -2.22. The van der Waals surface area contributed by atoms with Crippen molar-refractivity contribution in [3.63, 3.8) is 0 Å². The Morgan fingerprint density at radius 2 is 1.42 bits per heavy atom. The number of hydrogen-bond donors (Lipinski definition) is 0. The van der Waals surface area contributed by atoms with Crippen LogP contribution < -0.4 is 0 Å². The lowest BCUT2D eigenvalue weighted by Crippen LogP contribution is -2.24. The predicted molar refractivity (Wildman–Crippen MR) is 78.6 cm³/mol. The molecule has 2 nitrogen and oxygen atoms in total. The van der Waals surface area contributed by atoms with E-state index in [1.54, 1.807) is 24.3 Å². The predicted octanol–water partition coefficient (Wildman–Crippen LogP) is 4.53. The van der Waals surface area contributed by atoms with Crippen molar-refractivity contribution in [2.24, 2.45) is 10.8 Å². The van der Waals surface area contributed by atoms with Gasteiger partial charge in [0.05, 0.1) is 0 Å². The van der Waals surface area contributed by atoms with Gasteiger partial charge in [-0.25, -0.2) is 0 Å². The van der Waals surface area contributed by atoms with Gasteiger partial charge in [0.25, 0.3) is 0 Å². The van der Waals surface area contributed by atoms with Gasteiger partial charge in [0.1, 0.15) is 0 Å². The first-order chi connectivity index (χ1) is 8.59. The van der Waals surface area contributed by atoms with Gasteiger partial charge >= 0.3 is 0 Å². The number of ketones is 2. The summed E-state index contributed by atoms with van der Waals surface area (Å²) in [5.41, 5.74) is 0.429. The molecule has 1 rings (SSSR count). The van der Waals surface area contributed by atoms with Crippen molar-refractivity contribution in [1.82, 2.24) is 0 Å². The first-order valence-electron chi connectivity index (χ1n) is 6.79. The van der Waals surface area contributed by atoms with E-state index in [4.69, 9.17) is 0 Å². The van der Waals surface area contributed by atoms with Crippen molar-refractivity contribution in [3.05, 3.63) is 35.4 Å². The molecule has 0 radical (unpaired) electrons. The number of benzene rings is 1. The highest BCUT2D eigenvalue weighted by Crippen LogP contribution is 2.27. The fraction of sp³-hybridized carbons (Fsp3) is 0.529. The molecule has 0 aliphatic carbocycles. The Kier molecular flexibility index (Phi) is 4.34. The molecule has 0 fully saturated rings. The standard InChI is InChI=1S/C17H24O2/c1-7-17(5,6)15(19)13-10-8-9-12(11-13)14(18)16(2,3)4/h8-11H,7H2,1-6H3. The lowest BCUT2D eigenvalue weighted by molar-refractivity contribution is 0.0833. The van der Waals surface area contributed by atoms with Crippen LogP contribution in [0.1, 0.15) is 68.7 Å². The van der Waals surface area contributed by atoms with Crippen LogP contribution in [0.5, 0.6) is 0 Å². The third-order valence-electron chi connectivity index (χ3n) is 3.57. The summed E-state index contributed by atoms with van der Waals surface area (Å²) in [5.74, 6) is 0.162. The molecule has 0 spiro atoms. The smallest absolute Gasteiger partial charge is 0.168 e. The van der Waals surface area contributed by atoms with Gasteiger partial charge in [0, 0.05) is 22.0 Å². The molecule has 0 bridgehead atoms. The summed E-state index contributed by atoms with van der Waals surface area (Å²) in [6, 6.07) is 7.09. The van der Waals surface area contributed by atoms with Crippen LogP contribution in [0.15, 0.2) is 24.3 Å². The van der Waals surface area contributed by atoms with Gasteiger partial charge in [-0.2, -0.15) is 0 Å². The highest BCUT2D eigenvalue weighted by atomic mass is 16.1. The molecule has 0 saturated carbocycles. The minimum absolute atomic E-state index is 0.0662. The fourth-order valence-corrected chi connectivity index (χ4v) is 1.79. The van der Waals surface area contributed by atoms with Crippen LogP contribution in [0, 0.1) is 10.8 Å². The molecular weight excluding hydrogens is 236 g/mol. The highest BCUT2D eigenvalue weighted by Gasteiger charge is 2.28. The van der Waals surface area contributed by atoms with E-state index >= 15 is 0 Å². The summed E-state index contributed by atoms with van der Waals surface area (Å²) >= 11 is 0. The first kappa shape index (κ1) is 15.6. The van der Waals surface area contributed by atoms with E-state index < -0.39 is 5.41 Å². The van der Waals surface area contributed by atoms with Gasteiger partial charge in [-0.3, -0.25) is 9.59 Å². The number of hydrogen-bond acceptors (Lipinski definition) is 2. The quantitative estimate of drug-likeness (QED) is 0.745. The SMILES string of the molecule is CCC(C)(C)C(=O)c1cccc(C(=O)C(C)(C)C)c1. The second kappa shape index (κ2) is 5.28. The molecule has 2 heteroatoms. The second-order valence-electron chi connectivity index (χ2n) is 6.73. The van der Waals surface area contributed by atoms with Crippen LogP contribution in [-0.4, -0.2) is 11.6 Å². The number of Topliss-reactive ketones (excluding diaryl/α,β-unsaturated/α-hetero) is 2. The van der Waals surface area contributed by atoms with Crippen molar-refractivity contribution in [1.29, 1.82) is 0 Å². The van der Waals surface area contributed by atoms with Gasteiger partial charge in [-0.15, -0.1) is 0 Å². The van der Waals surface area contributed by atoms with E-state index in [2.05, 4.69) is 0 Å². The molecular formula is C17H24O2. The average molecular weight is 260 g/mol. The maximum atomic E-state index is 12.4. The number of carbonyl (C=O) groups is 2. The molecule has 0 heterocycles. The molecule has 0 aliphatic heterocycles. The van der Waals surface area contributed by atoms with Crippen molar-refractivity contribution >= 4 is 11.6 Å². The summed E-state index contributed by atoms with van der Waals surface area (Å²) < 4.78 is 0. The highest BCUT2D eigenvalue weighted by molar-refractivity contribution is 6.04. The topological polar surface area (TPSA) is 34.1 Å². The molecule has 104 valence electrons. The van der Waals surface area contributed by atoms with E-state index in [0.717, 1.165) is 6.42 Å². The van der Waals surface area contributed by atoms with Gasteiger partial charge in [0.2, 0.25) is 0 Å². The van der Waals surface area contributed by atoms with Crippen LogP contribution in [0.2, 0.25) is 0 Å². The Balaban J connectivity index is 3.15. The van der Waals surface area contributed by atoms with Crippen LogP contribution in [-0.2, 0) is 0 Å². The molecule has 0 atom stereocenters. The summed E-state index contributed by atoms with van der Waals surface area (Å²) in [4.78, 5) is 24.7. The zero-order valence-corrected chi connectivity index (χ0v) is 12.8. The number of carbonyl (C=O) groups excluding carboxylic acids is 2. The Labute approximate surface area is 116 Å². The molecule has 0 amide bonds. The van der Waals surface area contributed by atoms with Crippen LogP contribution in [0.4, 0.5) is 0 Å². The third kappa shape index (κ3) is 3.52. The van der Waals surface area contributed by atoms with Crippen LogP contribution in [0.3, 0.4) is 0 Å². The Bertz CT molecular complexity index is 490. The summed E-state index contributed by atoms with van der Waals surface area (Å²) in [5, 5.41) is 0. The summed E-state index contributed by atoms with van der Waals surface area (Å²) in [6.07, 6.45) is 0.781. The zero-order valence-electron chi connectivity index (χ0n) is 12.8. The van der Waals surface area contributed by atoms with Gasteiger partial charge < -0.3 is 0 Å². The lowest BCUT2D eigenvalue weighted by atomic mass is 9.80. The maximum Gasteiger partial charge on any atom is 0.168 e. The van der Waals surface area contributed by atoms with E-state index in [9.17, 15) is 9.59 Å². The fourth-order valence-electron chi connectivity index (χ4n) is 1.79. The molecule has 1 aromatic rings. The molecule has 0 aliphatic rings. The maximum absolute atomic E-state index is 12.4. The minimum Gasteiger partial charge on any atom is -0.294 e. The first-order valence-corrected chi connectivity index (χ1v) is 6.79. The molecule has 0 saturated heterocycles. The molecule has 0 aromatic heterocycles. The molecule has 19 heavy (non-hydrogen) atoms. The van der Waals surface area contributed by atoms with Gasteiger partial charge in [0.15, 0.2) is 11.6 Å². The van der Waals surface area contributed by atoms with Crippen molar-refractivity contribution in [2.45, 2.75) is 48.0 Å². The number of rotatable bonds is 4. The molecule has 1 aromatic carbocycles. The summed E-state index contributed by atoms with van der Waals surface area (Å²) in [6.45, 7) is 11.5. The van der Waals surface area contributed by atoms with Gasteiger partial charge in [-0.05, 0) is 12.5 Å². The normalized spacial score (nSPS) is 12.3. The van der Waals surface area contributed by atoms with Crippen molar-refractivity contribution < 1.29 is 9.59 Å². The second-order valence-corrected chi connectivity index (χ2v) is 6.73. The van der Waals surface area contributed by atoms with E-state index in [-0.39, 0.29) is 17.0 Å². The van der Waals surface area contributed by atoms with E-state index in [1.807, 2.05) is 41.5 Å². The van der Waals surface area contributed by atoms with Crippen molar-refractivity contribution in [2.75, 3.05) is 0 Å². The average Bonchev–Trinajstić information content (AvgIpc) is 2.36. The third-order valence-corrected chi connectivity index (χ3v) is 3.57. The van der Waals surface area contributed by atoms with E-state index in [0.29, 0.717) is 11.1 Å². The van der Waals surface area contributed by atoms with Crippen LogP contribution in [0.25, 0.3) is 0 Å². The zero-order chi connectivity index (χ0) is 14.8. The van der Waals surface area contributed by atoms with E-state index in [1.165, 1.54) is 0 Å².